The highest BCUT2D eigenvalue weighted by Gasteiger charge is 2.19. The maximum absolute atomic E-state index is 6.25. The van der Waals surface area contributed by atoms with Crippen LogP contribution in [0.5, 0.6) is 5.75 Å². The van der Waals surface area contributed by atoms with Crippen LogP contribution < -0.4 is 9.64 Å². The van der Waals surface area contributed by atoms with Crippen molar-refractivity contribution >= 4 is 17.3 Å². The fourth-order valence-corrected chi connectivity index (χ4v) is 4.15. The Bertz CT molecular complexity index is 952. The van der Waals surface area contributed by atoms with Gasteiger partial charge in [0.05, 0.1) is 24.0 Å². The molecule has 1 fully saturated rings. The first-order valence-electron chi connectivity index (χ1n) is 10.5. The summed E-state index contributed by atoms with van der Waals surface area (Å²) < 4.78 is 7.42. The molecule has 3 aromatic rings. The number of aromatic nitrogens is 3. The van der Waals surface area contributed by atoms with Gasteiger partial charge in [0.2, 0.25) is 0 Å². The first kappa shape index (κ1) is 20.7. The molecule has 1 aliphatic heterocycles. The van der Waals surface area contributed by atoms with E-state index in [1.807, 2.05) is 47.3 Å². The minimum absolute atomic E-state index is 0.705. The Kier molecular flexibility index (Phi) is 6.87. The van der Waals surface area contributed by atoms with Gasteiger partial charge in [0, 0.05) is 38.3 Å². The Morgan fingerprint density at radius 2 is 1.67 bits per heavy atom. The molecule has 1 aromatic heterocycles. The summed E-state index contributed by atoms with van der Waals surface area (Å²) >= 11 is 6.25. The number of methoxy groups -OCH3 is 1. The molecule has 1 aliphatic rings. The Morgan fingerprint density at radius 1 is 0.933 bits per heavy atom. The predicted molar refractivity (Wildman–Crippen MR) is 121 cm³/mol. The van der Waals surface area contributed by atoms with Crippen molar-refractivity contribution in [2.45, 2.75) is 19.4 Å². The Morgan fingerprint density at radius 3 is 2.47 bits per heavy atom. The van der Waals surface area contributed by atoms with Crippen LogP contribution >= 0.6 is 11.6 Å². The third kappa shape index (κ3) is 4.94. The zero-order chi connectivity index (χ0) is 20.8. The van der Waals surface area contributed by atoms with Crippen molar-refractivity contribution in [2.75, 3.05) is 44.7 Å². The highest BCUT2D eigenvalue weighted by atomic mass is 35.5. The lowest BCUT2D eigenvalue weighted by atomic mass is 10.2. The molecule has 2 aromatic carbocycles. The minimum atomic E-state index is 0.705. The molecule has 1 saturated heterocycles. The molecule has 0 bridgehead atoms. The van der Waals surface area contributed by atoms with Gasteiger partial charge in [0.25, 0.3) is 0 Å². The molecule has 0 atom stereocenters. The Balaban J connectivity index is 1.20. The van der Waals surface area contributed by atoms with E-state index in [1.165, 1.54) is 5.69 Å². The smallest absolute Gasteiger partial charge is 0.142 e. The van der Waals surface area contributed by atoms with Crippen molar-refractivity contribution in [3.05, 3.63) is 59.8 Å². The highest BCUT2D eigenvalue weighted by Crippen LogP contribution is 2.28. The third-order valence-electron chi connectivity index (χ3n) is 5.60. The number of hydrogen-bond donors (Lipinski definition) is 0. The van der Waals surface area contributed by atoms with E-state index in [0.29, 0.717) is 5.02 Å². The van der Waals surface area contributed by atoms with Crippen LogP contribution in [0.2, 0.25) is 5.02 Å². The number of rotatable bonds is 8. The van der Waals surface area contributed by atoms with E-state index in [9.17, 15) is 0 Å². The third-order valence-corrected chi connectivity index (χ3v) is 5.93. The fourth-order valence-electron chi connectivity index (χ4n) is 3.91. The van der Waals surface area contributed by atoms with Crippen molar-refractivity contribution in [1.82, 2.24) is 19.9 Å². The van der Waals surface area contributed by atoms with E-state index in [4.69, 9.17) is 16.3 Å². The summed E-state index contributed by atoms with van der Waals surface area (Å²) in [6, 6.07) is 16.0. The van der Waals surface area contributed by atoms with Gasteiger partial charge in [0.15, 0.2) is 0 Å². The number of piperazine rings is 1. The Hall–Kier alpha value is -2.57. The van der Waals surface area contributed by atoms with Crippen molar-refractivity contribution in [2.24, 2.45) is 0 Å². The average molecular weight is 426 g/mol. The minimum Gasteiger partial charge on any atom is -0.495 e. The molecule has 0 spiro atoms. The summed E-state index contributed by atoms with van der Waals surface area (Å²) in [6.45, 7) is 6.22. The van der Waals surface area contributed by atoms with Crippen LogP contribution in [0.4, 0.5) is 5.69 Å². The van der Waals surface area contributed by atoms with Gasteiger partial charge >= 0.3 is 0 Å². The van der Waals surface area contributed by atoms with Gasteiger partial charge in [-0.25, -0.2) is 0 Å². The monoisotopic (exact) mass is 425 g/mol. The van der Waals surface area contributed by atoms with E-state index in [-0.39, 0.29) is 0 Å². The first-order valence-corrected chi connectivity index (χ1v) is 10.9. The van der Waals surface area contributed by atoms with Gasteiger partial charge < -0.3 is 9.64 Å². The fraction of sp³-hybridized carbons (Fsp3) is 0.391. The van der Waals surface area contributed by atoms with E-state index in [1.54, 1.807) is 7.11 Å². The lowest BCUT2D eigenvalue weighted by molar-refractivity contribution is 0.250. The van der Waals surface area contributed by atoms with Crippen LogP contribution in [0, 0.1) is 0 Å². The first-order chi connectivity index (χ1) is 14.7. The zero-order valence-electron chi connectivity index (χ0n) is 17.4. The molecular weight excluding hydrogens is 398 g/mol. The van der Waals surface area contributed by atoms with Crippen LogP contribution in [0.3, 0.4) is 0 Å². The molecule has 6 nitrogen and oxygen atoms in total. The predicted octanol–water partition coefficient (Wildman–Crippen LogP) is 4.21. The SMILES string of the molecule is COc1ccccc1N1CCN(CCCCn2cc(-c3ccccc3Cl)nn2)CC1. The van der Waals surface area contributed by atoms with Gasteiger partial charge in [-0.2, -0.15) is 0 Å². The molecule has 0 aliphatic carbocycles. The number of benzene rings is 2. The number of hydrogen-bond acceptors (Lipinski definition) is 5. The van der Waals surface area contributed by atoms with Crippen molar-refractivity contribution in [3.8, 4) is 17.0 Å². The van der Waals surface area contributed by atoms with Crippen LogP contribution in [-0.2, 0) is 6.54 Å². The van der Waals surface area contributed by atoms with Gasteiger partial charge in [0.1, 0.15) is 11.4 Å². The molecule has 7 heteroatoms. The molecule has 0 saturated carbocycles. The van der Waals surface area contributed by atoms with Crippen molar-refractivity contribution in [3.63, 3.8) is 0 Å². The lowest BCUT2D eigenvalue weighted by Gasteiger charge is -2.36. The van der Waals surface area contributed by atoms with Crippen LogP contribution in [0.25, 0.3) is 11.3 Å². The molecule has 4 rings (SSSR count). The second-order valence-electron chi connectivity index (χ2n) is 7.55. The van der Waals surface area contributed by atoms with Gasteiger partial charge in [-0.15, -0.1) is 5.10 Å². The van der Waals surface area contributed by atoms with Crippen LogP contribution in [-0.4, -0.2) is 59.7 Å². The molecule has 30 heavy (non-hydrogen) atoms. The number of unbranched alkanes of at least 4 members (excludes halogenated alkanes) is 1. The molecule has 0 radical (unpaired) electrons. The van der Waals surface area contributed by atoms with Gasteiger partial charge in [-0.3, -0.25) is 9.58 Å². The van der Waals surface area contributed by atoms with Crippen molar-refractivity contribution < 1.29 is 4.74 Å². The molecule has 0 unspecified atom stereocenters. The topological polar surface area (TPSA) is 46.4 Å². The highest BCUT2D eigenvalue weighted by molar-refractivity contribution is 6.33. The lowest BCUT2D eigenvalue weighted by Crippen LogP contribution is -2.46. The molecule has 0 amide bonds. The van der Waals surface area contributed by atoms with E-state index in [0.717, 1.165) is 69.1 Å². The average Bonchev–Trinajstić information content (AvgIpc) is 3.26. The largest absolute Gasteiger partial charge is 0.495 e. The number of anilines is 1. The summed E-state index contributed by atoms with van der Waals surface area (Å²) in [4.78, 5) is 4.96. The van der Waals surface area contributed by atoms with E-state index in [2.05, 4.69) is 32.2 Å². The zero-order valence-corrected chi connectivity index (χ0v) is 18.1. The number of ether oxygens (including phenoxy) is 1. The molecular formula is C23H28ClN5O. The van der Waals surface area contributed by atoms with Crippen LogP contribution in [0.15, 0.2) is 54.7 Å². The Labute approximate surface area is 183 Å². The number of aryl methyl sites for hydroxylation is 1. The van der Waals surface area contributed by atoms with Gasteiger partial charge in [-0.05, 0) is 37.6 Å². The summed E-state index contributed by atoms with van der Waals surface area (Å²) in [5.74, 6) is 0.954. The number of halogens is 1. The summed E-state index contributed by atoms with van der Waals surface area (Å²) in [6.07, 6.45) is 4.21. The second kappa shape index (κ2) is 9.96. The van der Waals surface area contributed by atoms with E-state index >= 15 is 0 Å². The number of para-hydroxylation sites is 2. The summed E-state index contributed by atoms with van der Waals surface area (Å²) in [7, 11) is 1.74. The molecule has 158 valence electrons. The number of nitrogens with zero attached hydrogens (tertiary/aromatic N) is 5. The molecule has 0 N–H and O–H groups in total. The quantitative estimate of drug-likeness (QED) is 0.506. The van der Waals surface area contributed by atoms with Gasteiger partial charge in [-0.1, -0.05) is 47.1 Å². The maximum atomic E-state index is 6.25. The standard InChI is InChI=1S/C23H28ClN5O/c1-30-23-11-5-4-10-22(23)28-16-14-27(15-17-28)12-6-7-13-29-18-21(25-26-29)19-8-2-3-9-20(19)24/h2-5,8-11,18H,6-7,12-17H2,1H3. The van der Waals surface area contributed by atoms with Crippen LogP contribution in [0.1, 0.15) is 12.8 Å². The second-order valence-corrected chi connectivity index (χ2v) is 7.96. The maximum Gasteiger partial charge on any atom is 0.142 e. The summed E-state index contributed by atoms with van der Waals surface area (Å²) in [5.41, 5.74) is 2.95. The summed E-state index contributed by atoms with van der Waals surface area (Å²) in [5, 5.41) is 9.23. The normalized spacial score (nSPS) is 14.8. The molecule has 2 heterocycles. The van der Waals surface area contributed by atoms with Crippen molar-refractivity contribution in [1.29, 1.82) is 0 Å². The van der Waals surface area contributed by atoms with E-state index < -0.39 is 0 Å².